The summed E-state index contributed by atoms with van der Waals surface area (Å²) in [4.78, 5) is 14.3. The molecule has 0 bridgehead atoms. The first-order chi connectivity index (χ1) is 21.5. The van der Waals surface area contributed by atoms with Crippen LogP contribution in [0.3, 0.4) is 0 Å². The molecule has 3 aliphatic carbocycles. The van der Waals surface area contributed by atoms with Crippen molar-refractivity contribution in [1.82, 2.24) is 0 Å². The zero-order valence-electron chi connectivity index (χ0n) is 25.9. The van der Waals surface area contributed by atoms with Crippen LogP contribution in [0.15, 0.2) is 18.2 Å². The maximum absolute atomic E-state index is 14.3. The van der Waals surface area contributed by atoms with Crippen molar-refractivity contribution in [3.8, 4) is 5.75 Å². The molecule has 5 nitrogen and oxygen atoms in total. The third kappa shape index (κ3) is 6.93. The normalized spacial score (nSPS) is 35.4. The van der Waals surface area contributed by atoms with E-state index in [-0.39, 0.29) is 65.7 Å². The summed E-state index contributed by atoms with van der Waals surface area (Å²) in [6, 6.07) is 5.81. The lowest BCUT2D eigenvalue weighted by atomic mass is 9.52. The van der Waals surface area contributed by atoms with Crippen LogP contribution in [0.2, 0.25) is 0 Å². The lowest BCUT2D eigenvalue weighted by molar-refractivity contribution is -0.284. The molecule has 2 saturated carbocycles. The van der Waals surface area contributed by atoms with E-state index in [1.165, 1.54) is 11.8 Å². The van der Waals surface area contributed by atoms with E-state index >= 15 is 0 Å². The van der Waals surface area contributed by atoms with Crippen molar-refractivity contribution < 1.29 is 45.7 Å². The molecule has 8 unspecified atom stereocenters. The SMILES string of the molecule is CC12CCC3c4ccc(OC5CCCCO5)cc4C(=O)C(CSCCCC(F)(F)C(F)(F)F)C3C1CCC2OC1CCCCO1. The quantitative estimate of drug-likeness (QED) is 0.185. The van der Waals surface area contributed by atoms with Crippen LogP contribution in [-0.2, 0) is 14.2 Å². The van der Waals surface area contributed by atoms with Crippen LogP contribution in [-0.4, -0.2) is 61.3 Å². The number of halogens is 5. The highest BCUT2D eigenvalue weighted by atomic mass is 32.2. The van der Waals surface area contributed by atoms with E-state index in [1.807, 2.05) is 18.2 Å². The summed E-state index contributed by atoms with van der Waals surface area (Å²) in [5.74, 6) is -3.52. The molecule has 0 amide bonds. The van der Waals surface area contributed by atoms with Crippen LogP contribution in [0.4, 0.5) is 22.0 Å². The third-order valence-corrected chi connectivity index (χ3v) is 12.3. The maximum Gasteiger partial charge on any atom is 0.453 e. The van der Waals surface area contributed by atoms with Crippen molar-refractivity contribution in [2.75, 3.05) is 24.7 Å². The van der Waals surface area contributed by atoms with E-state index in [2.05, 4.69) is 6.92 Å². The second-order valence-corrected chi connectivity index (χ2v) is 15.0. The number of carbonyl (C=O) groups is 1. The average molecular weight is 661 g/mol. The van der Waals surface area contributed by atoms with Crippen molar-refractivity contribution in [3.05, 3.63) is 29.3 Å². The first-order valence-corrected chi connectivity index (χ1v) is 17.9. The number of carbonyl (C=O) groups excluding carboxylic acids is 1. The van der Waals surface area contributed by atoms with Gasteiger partial charge < -0.3 is 18.9 Å². The molecule has 11 heteroatoms. The lowest BCUT2D eigenvalue weighted by Crippen LogP contribution is -2.50. The summed E-state index contributed by atoms with van der Waals surface area (Å²) >= 11 is 1.32. The van der Waals surface area contributed by atoms with Crippen LogP contribution >= 0.6 is 11.8 Å². The molecule has 6 rings (SSSR count). The molecule has 8 atom stereocenters. The average Bonchev–Trinajstić information content (AvgIpc) is 3.34. The standard InChI is InChI=1S/C34H45F5O5S/c1-32-15-13-23-22-10-9-21(43-28-7-2-4-16-41-28)19-24(22)31(40)25(20-45-18-6-14-33(35,36)34(37,38)39)30(23)26(32)11-12-27(32)44-29-8-3-5-17-42-29/h9-10,19,23,25-30H,2-8,11-18,20H2,1H3. The fourth-order valence-corrected chi connectivity index (χ4v) is 9.85. The summed E-state index contributed by atoms with van der Waals surface area (Å²) in [7, 11) is 0. The van der Waals surface area contributed by atoms with Gasteiger partial charge in [0.25, 0.3) is 0 Å². The largest absolute Gasteiger partial charge is 0.465 e. The van der Waals surface area contributed by atoms with Crippen molar-refractivity contribution in [1.29, 1.82) is 0 Å². The van der Waals surface area contributed by atoms with Crippen LogP contribution < -0.4 is 4.74 Å². The summed E-state index contributed by atoms with van der Waals surface area (Å²) in [5, 5.41) is 0. The maximum atomic E-state index is 14.3. The van der Waals surface area contributed by atoms with Crippen molar-refractivity contribution >= 4 is 17.5 Å². The van der Waals surface area contributed by atoms with E-state index < -0.39 is 18.5 Å². The predicted octanol–water partition coefficient (Wildman–Crippen LogP) is 8.94. The van der Waals surface area contributed by atoms with E-state index in [4.69, 9.17) is 18.9 Å². The van der Waals surface area contributed by atoms with E-state index in [9.17, 15) is 26.7 Å². The van der Waals surface area contributed by atoms with Crippen molar-refractivity contribution in [2.45, 2.75) is 121 Å². The van der Waals surface area contributed by atoms with Gasteiger partial charge in [0.15, 0.2) is 18.4 Å². The van der Waals surface area contributed by atoms with Crippen LogP contribution in [0.1, 0.15) is 106 Å². The smallest absolute Gasteiger partial charge is 0.453 e. The molecule has 1 aromatic carbocycles. The van der Waals surface area contributed by atoms with Gasteiger partial charge in [-0.05, 0) is 111 Å². The number of Topliss-reactive ketones (excluding diaryl/α,β-unsaturated/α-hetero) is 1. The zero-order chi connectivity index (χ0) is 31.8. The first-order valence-electron chi connectivity index (χ1n) is 16.7. The predicted molar refractivity (Wildman–Crippen MR) is 161 cm³/mol. The minimum atomic E-state index is -5.55. The summed E-state index contributed by atoms with van der Waals surface area (Å²) in [5.41, 5.74) is 1.55. The fourth-order valence-electron chi connectivity index (χ4n) is 8.71. The highest BCUT2D eigenvalue weighted by molar-refractivity contribution is 7.99. The van der Waals surface area contributed by atoms with Crippen LogP contribution in [0.5, 0.6) is 5.75 Å². The number of ketones is 1. The Hall–Kier alpha value is -1.43. The van der Waals surface area contributed by atoms with Crippen molar-refractivity contribution in [2.24, 2.45) is 23.2 Å². The second-order valence-electron chi connectivity index (χ2n) is 13.8. The molecule has 0 aromatic heterocycles. The van der Waals surface area contributed by atoms with Crippen molar-refractivity contribution in [3.63, 3.8) is 0 Å². The molecule has 2 heterocycles. The summed E-state index contributed by atoms with van der Waals surface area (Å²) in [6.45, 7) is 3.64. The van der Waals surface area contributed by atoms with E-state index in [0.29, 0.717) is 30.3 Å². The third-order valence-electron chi connectivity index (χ3n) is 11.1. The number of ether oxygens (including phenoxy) is 4. The Kier molecular flexibility index (Phi) is 10.1. The molecule has 2 aliphatic heterocycles. The molecule has 0 N–H and O–H groups in total. The molecule has 45 heavy (non-hydrogen) atoms. The fraction of sp³-hybridized carbons (Fsp3) is 0.794. The summed E-state index contributed by atoms with van der Waals surface area (Å²) < 4.78 is 89.5. The monoisotopic (exact) mass is 660 g/mol. The van der Waals surface area contributed by atoms with E-state index in [0.717, 1.165) is 69.8 Å². The Morgan fingerprint density at radius 2 is 1.69 bits per heavy atom. The number of thioether (sulfide) groups is 1. The Balaban J connectivity index is 1.22. The van der Waals surface area contributed by atoms with Gasteiger partial charge in [-0.2, -0.15) is 33.7 Å². The summed E-state index contributed by atoms with van der Waals surface area (Å²) in [6.07, 6.45) is 1.93. The van der Waals surface area contributed by atoms with Crippen LogP contribution in [0, 0.1) is 23.2 Å². The van der Waals surface area contributed by atoms with Gasteiger partial charge in [-0.25, -0.2) is 0 Å². The van der Waals surface area contributed by atoms with Gasteiger partial charge in [-0.3, -0.25) is 4.79 Å². The van der Waals surface area contributed by atoms with Gasteiger partial charge in [0.2, 0.25) is 0 Å². The number of rotatable bonds is 10. The number of hydrogen-bond donors (Lipinski definition) is 0. The highest BCUT2D eigenvalue weighted by Gasteiger charge is 2.59. The number of benzene rings is 1. The Morgan fingerprint density at radius 3 is 2.38 bits per heavy atom. The Morgan fingerprint density at radius 1 is 0.956 bits per heavy atom. The lowest BCUT2D eigenvalue weighted by Gasteiger charge is -2.53. The van der Waals surface area contributed by atoms with Crippen LogP contribution in [0.25, 0.3) is 0 Å². The molecule has 252 valence electrons. The molecular formula is C34H45F5O5S. The highest BCUT2D eigenvalue weighted by Crippen LogP contribution is 2.63. The molecule has 2 saturated heterocycles. The van der Waals surface area contributed by atoms with Gasteiger partial charge >= 0.3 is 12.1 Å². The van der Waals surface area contributed by atoms with Gasteiger partial charge in [-0.1, -0.05) is 13.0 Å². The molecular weight excluding hydrogens is 615 g/mol. The van der Waals surface area contributed by atoms with Gasteiger partial charge in [0.1, 0.15) is 5.75 Å². The minimum Gasteiger partial charge on any atom is -0.465 e. The molecule has 5 aliphatic rings. The number of alkyl halides is 5. The molecule has 0 spiro atoms. The molecule has 1 aromatic rings. The topological polar surface area (TPSA) is 54.0 Å². The Bertz CT molecular complexity index is 1180. The van der Waals surface area contributed by atoms with E-state index in [1.54, 1.807) is 0 Å². The molecule has 4 fully saturated rings. The first kappa shape index (κ1) is 33.5. The Labute approximate surface area is 266 Å². The van der Waals surface area contributed by atoms with Gasteiger partial charge in [0, 0.05) is 36.7 Å². The second kappa shape index (κ2) is 13.6. The minimum absolute atomic E-state index is 0.0126. The molecule has 0 radical (unpaired) electrons. The number of fused-ring (bicyclic) bond motifs is 5. The van der Waals surface area contributed by atoms with Gasteiger partial charge in [-0.15, -0.1) is 0 Å². The van der Waals surface area contributed by atoms with Gasteiger partial charge in [0.05, 0.1) is 12.7 Å². The zero-order valence-corrected chi connectivity index (χ0v) is 26.7. The number of hydrogen-bond acceptors (Lipinski definition) is 6.